The fourth-order valence-corrected chi connectivity index (χ4v) is 1.57. The molecule has 1 amide bonds. The highest BCUT2D eigenvalue weighted by atomic mass is 16.3. The van der Waals surface area contributed by atoms with Crippen molar-refractivity contribution in [2.45, 2.75) is 12.5 Å². The summed E-state index contributed by atoms with van der Waals surface area (Å²) in [7, 11) is 0. The molecule has 1 aromatic rings. The predicted octanol–water partition coefficient (Wildman–Crippen LogP) is -1.55. The highest BCUT2D eigenvalue weighted by Gasteiger charge is 2.32. The van der Waals surface area contributed by atoms with Crippen molar-refractivity contribution in [2.75, 3.05) is 17.2 Å². The summed E-state index contributed by atoms with van der Waals surface area (Å²) in [4.78, 5) is 30.0. The van der Waals surface area contributed by atoms with Crippen molar-refractivity contribution in [3.63, 3.8) is 0 Å². The van der Waals surface area contributed by atoms with Crippen molar-refractivity contribution >= 4 is 17.4 Å². The SMILES string of the molecule is Nc1nc[nH]c(=O)c1N1CC(O)CC1=O. The number of aromatic nitrogens is 2. The largest absolute Gasteiger partial charge is 0.391 e. The van der Waals surface area contributed by atoms with Gasteiger partial charge < -0.3 is 20.7 Å². The summed E-state index contributed by atoms with van der Waals surface area (Å²) in [6, 6.07) is 0. The Kier molecular flexibility index (Phi) is 2.16. The van der Waals surface area contributed by atoms with E-state index in [1.54, 1.807) is 0 Å². The van der Waals surface area contributed by atoms with Crippen LogP contribution in [0, 0.1) is 0 Å². The van der Waals surface area contributed by atoms with Gasteiger partial charge in [-0.1, -0.05) is 0 Å². The molecule has 2 rings (SSSR count). The van der Waals surface area contributed by atoms with Gasteiger partial charge in [0.25, 0.3) is 5.56 Å². The minimum atomic E-state index is -0.753. The molecular formula is C8H10N4O3. The molecule has 1 atom stereocenters. The number of nitrogens with two attached hydrogens (primary N) is 1. The van der Waals surface area contributed by atoms with E-state index in [1.807, 2.05) is 0 Å². The van der Waals surface area contributed by atoms with Crippen LogP contribution in [0.15, 0.2) is 11.1 Å². The van der Waals surface area contributed by atoms with Gasteiger partial charge in [0.05, 0.1) is 25.4 Å². The molecule has 7 heteroatoms. The standard InChI is InChI=1S/C8H10N4O3/c9-7-6(8(15)11-3-10-7)12-2-4(13)1-5(12)14/h3-4,13H,1-2H2,(H3,9,10,11,15). The number of aromatic amines is 1. The molecule has 1 fully saturated rings. The van der Waals surface area contributed by atoms with Crippen LogP contribution >= 0.6 is 0 Å². The Labute approximate surface area is 84.5 Å². The molecule has 7 nitrogen and oxygen atoms in total. The molecular weight excluding hydrogens is 200 g/mol. The molecule has 1 unspecified atom stereocenters. The number of aliphatic hydroxyl groups excluding tert-OH is 1. The Hall–Kier alpha value is -1.89. The zero-order valence-corrected chi connectivity index (χ0v) is 7.80. The normalized spacial score (nSPS) is 21.0. The molecule has 1 aromatic heterocycles. The molecule has 0 saturated carbocycles. The molecule has 0 bridgehead atoms. The number of nitrogens with zero attached hydrogens (tertiary/aromatic N) is 2. The van der Waals surface area contributed by atoms with Crippen LogP contribution in [-0.4, -0.2) is 33.6 Å². The summed E-state index contributed by atoms with van der Waals surface area (Å²) < 4.78 is 0. The van der Waals surface area contributed by atoms with E-state index < -0.39 is 11.7 Å². The lowest BCUT2D eigenvalue weighted by atomic mass is 10.3. The number of carbonyl (C=O) groups is 1. The van der Waals surface area contributed by atoms with Crippen molar-refractivity contribution in [2.24, 2.45) is 0 Å². The number of β-amino-alcohol motifs (C(OH)–C–C–N with tert-alkyl or cyclic N) is 1. The van der Waals surface area contributed by atoms with E-state index in [2.05, 4.69) is 9.97 Å². The minimum Gasteiger partial charge on any atom is -0.391 e. The number of aliphatic hydroxyl groups is 1. The fraction of sp³-hybridized carbons (Fsp3) is 0.375. The first-order valence-corrected chi connectivity index (χ1v) is 4.41. The van der Waals surface area contributed by atoms with Crippen LogP contribution in [0.1, 0.15) is 6.42 Å². The fourth-order valence-electron chi connectivity index (χ4n) is 1.57. The number of carbonyl (C=O) groups excluding carboxylic acids is 1. The van der Waals surface area contributed by atoms with Crippen LogP contribution < -0.4 is 16.2 Å². The van der Waals surface area contributed by atoms with Gasteiger partial charge in [0.2, 0.25) is 5.91 Å². The molecule has 2 heterocycles. The van der Waals surface area contributed by atoms with E-state index in [0.29, 0.717) is 0 Å². The van der Waals surface area contributed by atoms with Crippen LogP contribution in [0.2, 0.25) is 0 Å². The highest BCUT2D eigenvalue weighted by molar-refractivity contribution is 5.97. The van der Waals surface area contributed by atoms with Crippen molar-refractivity contribution in [1.82, 2.24) is 9.97 Å². The van der Waals surface area contributed by atoms with E-state index in [1.165, 1.54) is 0 Å². The van der Waals surface area contributed by atoms with Crippen molar-refractivity contribution in [1.29, 1.82) is 0 Å². The summed E-state index contributed by atoms with van der Waals surface area (Å²) in [6.45, 7) is 0.0812. The summed E-state index contributed by atoms with van der Waals surface area (Å²) in [5, 5.41) is 9.28. The number of H-pyrrole nitrogens is 1. The number of anilines is 2. The van der Waals surface area contributed by atoms with Gasteiger partial charge in [0.1, 0.15) is 0 Å². The van der Waals surface area contributed by atoms with E-state index >= 15 is 0 Å². The molecule has 80 valence electrons. The molecule has 1 aliphatic heterocycles. The van der Waals surface area contributed by atoms with E-state index in [4.69, 9.17) is 5.73 Å². The highest BCUT2D eigenvalue weighted by Crippen LogP contribution is 2.21. The monoisotopic (exact) mass is 210 g/mol. The number of amides is 1. The molecule has 1 aliphatic rings. The number of nitrogen functional groups attached to an aromatic ring is 1. The molecule has 1 saturated heterocycles. The van der Waals surface area contributed by atoms with Crippen molar-refractivity contribution < 1.29 is 9.90 Å². The Morgan fingerprint density at radius 3 is 2.87 bits per heavy atom. The molecule has 0 radical (unpaired) electrons. The Morgan fingerprint density at radius 2 is 2.33 bits per heavy atom. The molecule has 0 aliphatic carbocycles. The average Bonchev–Trinajstić information content (AvgIpc) is 2.45. The lowest BCUT2D eigenvalue weighted by molar-refractivity contribution is -0.117. The maximum absolute atomic E-state index is 11.4. The molecule has 15 heavy (non-hydrogen) atoms. The Balaban J connectivity index is 2.46. The third kappa shape index (κ3) is 1.57. The van der Waals surface area contributed by atoms with Crippen molar-refractivity contribution in [3.05, 3.63) is 16.7 Å². The summed E-state index contributed by atoms with van der Waals surface area (Å²) in [5.41, 5.74) is 5.03. The van der Waals surface area contributed by atoms with Gasteiger partial charge >= 0.3 is 0 Å². The first-order valence-electron chi connectivity index (χ1n) is 4.41. The molecule has 0 aromatic carbocycles. The first-order chi connectivity index (χ1) is 7.09. The van der Waals surface area contributed by atoms with Gasteiger partial charge in [-0.2, -0.15) is 0 Å². The second kappa shape index (κ2) is 3.35. The van der Waals surface area contributed by atoms with Crippen LogP contribution in [-0.2, 0) is 4.79 Å². The Morgan fingerprint density at radius 1 is 1.60 bits per heavy atom. The van der Waals surface area contributed by atoms with Crippen LogP contribution in [0.4, 0.5) is 11.5 Å². The lowest BCUT2D eigenvalue weighted by Gasteiger charge is -2.15. The second-order valence-corrected chi connectivity index (χ2v) is 3.33. The minimum absolute atomic E-state index is 0.00771. The maximum Gasteiger partial charge on any atom is 0.276 e. The van der Waals surface area contributed by atoms with E-state index in [0.717, 1.165) is 11.2 Å². The van der Waals surface area contributed by atoms with Gasteiger partial charge in [-0.05, 0) is 0 Å². The Bertz CT molecular complexity index is 455. The van der Waals surface area contributed by atoms with Gasteiger partial charge in [0, 0.05) is 0 Å². The van der Waals surface area contributed by atoms with Gasteiger partial charge in [-0.15, -0.1) is 0 Å². The zero-order valence-electron chi connectivity index (χ0n) is 7.80. The first kappa shape index (κ1) is 9.66. The number of hydrogen-bond acceptors (Lipinski definition) is 5. The van der Waals surface area contributed by atoms with Crippen LogP contribution in [0.25, 0.3) is 0 Å². The van der Waals surface area contributed by atoms with E-state index in [9.17, 15) is 14.7 Å². The maximum atomic E-state index is 11.4. The number of nitrogens with one attached hydrogen (secondary N) is 1. The predicted molar refractivity (Wildman–Crippen MR) is 52.2 cm³/mol. The second-order valence-electron chi connectivity index (χ2n) is 3.33. The third-order valence-corrected chi connectivity index (χ3v) is 2.23. The smallest absolute Gasteiger partial charge is 0.276 e. The van der Waals surface area contributed by atoms with Crippen LogP contribution in [0.3, 0.4) is 0 Å². The number of rotatable bonds is 1. The van der Waals surface area contributed by atoms with Gasteiger partial charge in [-0.3, -0.25) is 9.59 Å². The van der Waals surface area contributed by atoms with E-state index in [-0.39, 0.29) is 30.4 Å². The topological polar surface area (TPSA) is 112 Å². The number of hydrogen-bond donors (Lipinski definition) is 3. The zero-order chi connectivity index (χ0) is 11.0. The van der Waals surface area contributed by atoms with Gasteiger partial charge in [-0.25, -0.2) is 4.98 Å². The van der Waals surface area contributed by atoms with Crippen molar-refractivity contribution in [3.8, 4) is 0 Å². The van der Waals surface area contributed by atoms with Gasteiger partial charge in [0.15, 0.2) is 11.5 Å². The quantitative estimate of drug-likeness (QED) is 0.519. The summed E-state index contributed by atoms with van der Waals surface area (Å²) >= 11 is 0. The average molecular weight is 210 g/mol. The molecule has 0 spiro atoms. The third-order valence-electron chi connectivity index (χ3n) is 2.23. The molecule has 4 N–H and O–H groups in total. The van der Waals surface area contributed by atoms with Crippen LogP contribution in [0.5, 0.6) is 0 Å². The summed E-state index contributed by atoms with van der Waals surface area (Å²) in [6.07, 6.45) is 0.419. The summed E-state index contributed by atoms with van der Waals surface area (Å²) in [5.74, 6) is -0.339. The lowest BCUT2D eigenvalue weighted by Crippen LogP contribution is -2.32.